The average molecular weight is 454 g/mol. The number of anilines is 1. The normalized spacial score (nSPS) is 17.3. The highest BCUT2D eigenvalue weighted by Crippen LogP contribution is 2.14. The van der Waals surface area contributed by atoms with Crippen molar-refractivity contribution in [3.05, 3.63) is 65.2 Å². The van der Waals surface area contributed by atoms with Crippen LogP contribution in [0.25, 0.3) is 0 Å². The van der Waals surface area contributed by atoms with Crippen molar-refractivity contribution in [1.29, 1.82) is 0 Å². The van der Waals surface area contributed by atoms with Gasteiger partial charge in [-0.1, -0.05) is 18.2 Å². The van der Waals surface area contributed by atoms with E-state index >= 15 is 0 Å². The van der Waals surface area contributed by atoms with Gasteiger partial charge in [-0.25, -0.2) is 17.2 Å². The zero-order valence-corrected chi connectivity index (χ0v) is 17.9. The Bertz CT molecular complexity index is 1030. The SMILES string of the molecule is CS(=O)(=O)Nc1cccc(CC(=O)NCC2CN(Cc3ccc(F)c(F)c3)CCO2)c1. The van der Waals surface area contributed by atoms with E-state index in [0.717, 1.165) is 12.3 Å². The van der Waals surface area contributed by atoms with Gasteiger partial charge in [0.05, 0.1) is 25.4 Å². The van der Waals surface area contributed by atoms with Gasteiger partial charge < -0.3 is 10.1 Å². The minimum atomic E-state index is -3.39. The van der Waals surface area contributed by atoms with Crippen LogP contribution in [0.5, 0.6) is 0 Å². The van der Waals surface area contributed by atoms with Crippen LogP contribution in [0.15, 0.2) is 42.5 Å². The van der Waals surface area contributed by atoms with Gasteiger partial charge in [0, 0.05) is 31.9 Å². The maximum atomic E-state index is 13.4. The molecule has 0 saturated carbocycles. The fourth-order valence-electron chi connectivity index (χ4n) is 3.38. The Balaban J connectivity index is 1.47. The molecule has 10 heteroatoms. The van der Waals surface area contributed by atoms with Crippen molar-refractivity contribution >= 4 is 21.6 Å². The molecule has 1 unspecified atom stereocenters. The largest absolute Gasteiger partial charge is 0.374 e. The molecule has 1 atom stereocenters. The maximum Gasteiger partial charge on any atom is 0.229 e. The first kappa shape index (κ1) is 23.1. The summed E-state index contributed by atoms with van der Waals surface area (Å²) in [6.07, 6.45) is 0.943. The van der Waals surface area contributed by atoms with Crippen LogP contribution < -0.4 is 10.0 Å². The van der Waals surface area contributed by atoms with E-state index in [-0.39, 0.29) is 18.4 Å². The first-order chi connectivity index (χ1) is 14.7. The van der Waals surface area contributed by atoms with Gasteiger partial charge in [-0.05, 0) is 35.4 Å². The van der Waals surface area contributed by atoms with Crippen molar-refractivity contribution in [3.8, 4) is 0 Å². The molecule has 31 heavy (non-hydrogen) atoms. The van der Waals surface area contributed by atoms with Crippen LogP contribution in [0.1, 0.15) is 11.1 Å². The molecule has 1 aliphatic rings. The number of benzene rings is 2. The molecule has 1 amide bonds. The van der Waals surface area contributed by atoms with Crippen molar-refractivity contribution in [2.24, 2.45) is 0 Å². The third-order valence-electron chi connectivity index (χ3n) is 4.73. The van der Waals surface area contributed by atoms with E-state index in [9.17, 15) is 22.0 Å². The number of carbonyl (C=O) groups is 1. The highest BCUT2D eigenvalue weighted by Gasteiger charge is 2.21. The predicted molar refractivity (Wildman–Crippen MR) is 113 cm³/mol. The second kappa shape index (κ2) is 10.2. The molecule has 3 rings (SSSR count). The number of ether oxygens (including phenoxy) is 1. The number of nitrogens with one attached hydrogen (secondary N) is 2. The first-order valence-electron chi connectivity index (χ1n) is 9.79. The number of hydrogen-bond acceptors (Lipinski definition) is 5. The van der Waals surface area contributed by atoms with E-state index in [1.165, 1.54) is 6.07 Å². The molecule has 1 aliphatic heterocycles. The van der Waals surface area contributed by atoms with Crippen LogP contribution in [0.3, 0.4) is 0 Å². The number of carbonyl (C=O) groups excluding carboxylic acids is 1. The summed E-state index contributed by atoms with van der Waals surface area (Å²) < 4.78 is 57.3. The van der Waals surface area contributed by atoms with E-state index in [0.29, 0.717) is 49.6 Å². The number of amides is 1. The molecule has 2 aromatic carbocycles. The summed E-state index contributed by atoms with van der Waals surface area (Å²) >= 11 is 0. The van der Waals surface area contributed by atoms with Gasteiger partial charge in [-0.15, -0.1) is 0 Å². The van der Waals surface area contributed by atoms with Gasteiger partial charge in [-0.2, -0.15) is 0 Å². The fourth-order valence-corrected chi connectivity index (χ4v) is 3.93. The lowest BCUT2D eigenvalue weighted by Gasteiger charge is -2.33. The molecule has 7 nitrogen and oxygen atoms in total. The zero-order chi connectivity index (χ0) is 22.4. The topological polar surface area (TPSA) is 87.7 Å². The minimum absolute atomic E-state index is 0.102. The van der Waals surface area contributed by atoms with Crippen LogP contribution in [-0.4, -0.2) is 57.8 Å². The number of rotatable bonds is 8. The molecule has 1 heterocycles. The Kier molecular flexibility index (Phi) is 7.58. The fraction of sp³-hybridized carbons (Fsp3) is 0.381. The summed E-state index contributed by atoms with van der Waals surface area (Å²) in [5, 5.41) is 2.83. The molecular weight excluding hydrogens is 428 g/mol. The number of hydrogen-bond donors (Lipinski definition) is 2. The number of halogens is 2. The molecule has 2 aromatic rings. The lowest BCUT2D eigenvalue weighted by Crippen LogP contribution is -2.47. The molecule has 0 aromatic heterocycles. The van der Waals surface area contributed by atoms with Crippen molar-refractivity contribution < 1.29 is 26.7 Å². The number of nitrogens with zero attached hydrogens (tertiary/aromatic N) is 1. The molecule has 0 aliphatic carbocycles. The summed E-state index contributed by atoms with van der Waals surface area (Å²) in [5.41, 5.74) is 1.75. The van der Waals surface area contributed by atoms with Crippen molar-refractivity contribution in [2.75, 3.05) is 37.2 Å². The van der Waals surface area contributed by atoms with Crippen LogP contribution in [0.2, 0.25) is 0 Å². The highest BCUT2D eigenvalue weighted by atomic mass is 32.2. The van der Waals surface area contributed by atoms with Crippen molar-refractivity contribution in [2.45, 2.75) is 19.1 Å². The first-order valence-corrected chi connectivity index (χ1v) is 11.7. The van der Waals surface area contributed by atoms with Gasteiger partial charge in [0.2, 0.25) is 15.9 Å². The van der Waals surface area contributed by atoms with E-state index < -0.39 is 21.7 Å². The Hall–Kier alpha value is -2.56. The van der Waals surface area contributed by atoms with E-state index in [2.05, 4.69) is 14.9 Å². The zero-order valence-electron chi connectivity index (χ0n) is 17.1. The lowest BCUT2D eigenvalue weighted by molar-refractivity contribution is -0.121. The molecule has 0 bridgehead atoms. The van der Waals surface area contributed by atoms with Gasteiger partial charge in [0.25, 0.3) is 0 Å². The van der Waals surface area contributed by atoms with Gasteiger partial charge in [-0.3, -0.25) is 14.4 Å². The third kappa shape index (κ3) is 7.57. The Morgan fingerprint density at radius 2 is 1.97 bits per heavy atom. The quantitative estimate of drug-likeness (QED) is 0.638. The summed E-state index contributed by atoms with van der Waals surface area (Å²) in [5.74, 6) is -1.95. The highest BCUT2D eigenvalue weighted by molar-refractivity contribution is 7.92. The molecule has 2 N–H and O–H groups in total. The smallest absolute Gasteiger partial charge is 0.229 e. The number of sulfonamides is 1. The molecular formula is C21H25F2N3O4S. The van der Waals surface area contributed by atoms with E-state index in [1.54, 1.807) is 30.3 Å². The Morgan fingerprint density at radius 3 is 2.71 bits per heavy atom. The van der Waals surface area contributed by atoms with Crippen LogP contribution in [-0.2, 0) is 32.5 Å². The molecule has 1 fully saturated rings. The van der Waals surface area contributed by atoms with Crippen LogP contribution in [0, 0.1) is 11.6 Å². The summed E-state index contributed by atoms with van der Waals surface area (Å²) in [7, 11) is -3.39. The molecule has 0 radical (unpaired) electrons. The second-order valence-electron chi connectivity index (χ2n) is 7.53. The molecule has 168 valence electrons. The molecule has 0 spiro atoms. The van der Waals surface area contributed by atoms with Gasteiger partial charge in [0.1, 0.15) is 0 Å². The summed E-state index contributed by atoms with van der Waals surface area (Å²) in [6, 6.07) is 10.5. The standard InChI is InChI=1S/C21H25F2N3O4S/c1-31(28,29)25-17-4-2-3-15(9-17)11-21(27)24-12-18-14-26(7-8-30-18)13-16-5-6-19(22)20(23)10-16/h2-6,9-10,18,25H,7-8,11-14H2,1H3,(H,24,27). The van der Waals surface area contributed by atoms with Crippen molar-refractivity contribution in [1.82, 2.24) is 10.2 Å². The lowest BCUT2D eigenvalue weighted by atomic mass is 10.1. The monoisotopic (exact) mass is 453 g/mol. The number of morpholine rings is 1. The predicted octanol–water partition coefficient (Wildman–Crippen LogP) is 1.90. The van der Waals surface area contributed by atoms with Crippen molar-refractivity contribution in [3.63, 3.8) is 0 Å². The van der Waals surface area contributed by atoms with Crippen LogP contribution in [0.4, 0.5) is 14.5 Å². The minimum Gasteiger partial charge on any atom is -0.374 e. The molecule has 1 saturated heterocycles. The summed E-state index contributed by atoms with van der Waals surface area (Å²) in [4.78, 5) is 14.4. The summed E-state index contributed by atoms with van der Waals surface area (Å²) in [6.45, 7) is 2.46. The van der Waals surface area contributed by atoms with E-state index in [1.807, 2.05) is 0 Å². The van der Waals surface area contributed by atoms with Gasteiger partial charge >= 0.3 is 0 Å². The third-order valence-corrected chi connectivity index (χ3v) is 5.34. The van der Waals surface area contributed by atoms with E-state index in [4.69, 9.17) is 4.74 Å². The van der Waals surface area contributed by atoms with Crippen LogP contribution >= 0.6 is 0 Å². The maximum absolute atomic E-state index is 13.4. The average Bonchev–Trinajstić information content (AvgIpc) is 2.69. The second-order valence-corrected chi connectivity index (χ2v) is 9.28. The van der Waals surface area contributed by atoms with Gasteiger partial charge in [0.15, 0.2) is 11.6 Å². The Labute approximate surface area is 180 Å². The Morgan fingerprint density at radius 1 is 1.16 bits per heavy atom.